The molecule has 0 radical (unpaired) electrons. The van der Waals surface area contributed by atoms with Crippen LogP contribution >= 0.6 is 23.4 Å². The van der Waals surface area contributed by atoms with Gasteiger partial charge in [-0.25, -0.2) is 9.78 Å². The van der Waals surface area contributed by atoms with Crippen molar-refractivity contribution < 1.29 is 4.79 Å². The van der Waals surface area contributed by atoms with E-state index in [-0.39, 0.29) is 16.8 Å². The minimum atomic E-state index is -0.614. The van der Waals surface area contributed by atoms with Crippen LogP contribution in [0.3, 0.4) is 0 Å². The summed E-state index contributed by atoms with van der Waals surface area (Å²) >= 11 is 6.98. The molecular formula is C12H12ClN5O2S. The Labute approximate surface area is 129 Å². The molecule has 0 fully saturated rings. The van der Waals surface area contributed by atoms with E-state index in [0.29, 0.717) is 16.5 Å². The van der Waals surface area contributed by atoms with Gasteiger partial charge in [-0.2, -0.15) is 9.66 Å². The van der Waals surface area contributed by atoms with E-state index in [0.717, 1.165) is 16.4 Å². The molecule has 0 unspecified atom stereocenters. The van der Waals surface area contributed by atoms with E-state index in [2.05, 4.69) is 15.3 Å². The third-order valence-corrected chi connectivity index (χ3v) is 3.66. The number of carbonyl (C=O) groups is 1. The molecule has 0 bridgehead atoms. The molecule has 0 atom stereocenters. The SMILES string of the molecule is Cc1nc(SCC(=O)Nc2ccccc2Cl)nc(=O)n1N. The predicted octanol–water partition coefficient (Wildman–Crippen LogP) is 1.04. The lowest BCUT2D eigenvalue weighted by atomic mass is 10.3. The molecule has 110 valence electrons. The van der Waals surface area contributed by atoms with Crippen LogP contribution in [-0.4, -0.2) is 26.3 Å². The van der Waals surface area contributed by atoms with Crippen molar-refractivity contribution in [2.75, 3.05) is 16.9 Å². The lowest BCUT2D eigenvalue weighted by molar-refractivity contribution is -0.113. The fraction of sp³-hybridized carbons (Fsp3) is 0.167. The van der Waals surface area contributed by atoms with Gasteiger partial charge >= 0.3 is 5.69 Å². The molecule has 21 heavy (non-hydrogen) atoms. The lowest BCUT2D eigenvalue weighted by Crippen LogP contribution is -2.32. The fourth-order valence-electron chi connectivity index (χ4n) is 1.43. The Bertz CT molecular complexity index is 734. The second-order valence-electron chi connectivity index (χ2n) is 4.02. The number of anilines is 1. The molecule has 0 aliphatic heterocycles. The number of para-hydroxylation sites is 1. The zero-order valence-corrected chi connectivity index (χ0v) is 12.6. The smallest absolute Gasteiger partial charge is 0.334 e. The molecule has 1 amide bonds. The van der Waals surface area contributed by atoms with Crippen LogP contribution in [0.4, 0.5) is 5.69 Å². The molecular weight excluding hydrogens is 314 g/mol. The molecule has 0 aliphatic carbocycles. The number of carbonyl (C=O) groups excluding carboxylic acids is 1. The standard InChI is InChI=1S/C12H12ClN5O2S/c1-7-15-11(17-12(20)18(7)14)21-6-10(19)16-9-5-3-2-4-8(9)13/h2-5H,6,14H2,1H3,(H,16,19). The number of nitrogens with two attached hydrogens (primary N) is 1. The van der Waals surface area contributed by atoms with Gasteiger partial charge in [0, 0.05) is 0 Å². The van der Waals surface area contributed by atoms with E-state index >= 15 is 0 Å². The zero-order valence-electron chi connectivity index (χ0n) is 11.0. The number of rotatable bonds is 4. The quantitative estimate of drug-likeness (QED) is 0.643. The fourth-order valence-corrected chi connectivity index (χ4v) is 2.29. The van der Waals surface area contributed by atoms with Crippen LogP contribution in [0.2, 0.25) is 5.02 Å². The highest BCUT2D eigenvalue weighted by Gasteiger charge is 2.09. The number of hydrogen-bond acceptors (Lipinski definition) is 6. The second-order valence-corrected chi connectivity index (χ2v) is 5.37. The molecule has 3 N–H and O–H groups in total. The van der Waals surface area contributed by atoms with E-state index in [4.69, 9.17) is 17.4 Å². The summed E-state index contributed by atoms with van der Waals surface area (Å²) in [6.45, 7) is 1.58. The van der Waals surface area contributed by atoms with E-state index in [1.54, 1.807) is 31.2 Å². The maximum atomic E-state index is 11.8. The molecule has 0 spiro atoms. The summed E-state index contributed by atoms with van der Waals surface area (Å²) < 4.78 is 0.841. The van der Waals surface area contributed by atoms with Crippen LogP contribution < -0.4 is 16.8 Å². The summed E-state index contributed by atoms with van der Waals surface area (Å²) in [6, 6.07) is 6.91. The van der Waals surface area contributed by atoms with E-state index < -0.39 is 5.69 Å². The van der Waals surface area contributed by atoms with E-state index in [1.165, 1.54) is 0 Å². The number of aryl methyl sites for hydroxylation is 1. The van der Waals surface area contributed by atoms with Gasteiger partial charge in [-0.3, -0.25) is 4.79 Å². The zero-order chi connectivity index (χ0) is 15.4. The summed E-state index contributed by atoms with van der Waals surface area (Å²) in [5, 5.41) is 3.32. The van der Waals surface area contributed by atoms with Crippen molar-refractivity contribution in [2.45, 2.75) is 12.1 Å². The maximum Gasteiger partial charge on any atom is 0.370 e. The number of nitrogens with one attached hydrogen (secondary N) is 1. The molecule has 1 aromatic heterocycles. The summed E-state index contributed by atoms with van der Waals surface area (Å²) in [7, 11) is 0. The third kappa shape index (κ3) is 3.96. The lowest BCUT2D eigenvalue weighted by Gasteiger charge is -2.07. The van der Waals surface area contributed by atoms with Crippen molar-refractivity contribution >= 4 is 35.0 Å². The normalized spacial score (nSPS) is 10.4. The van der Waals surface area contributed by atoms with Crippen LogP contribution in [0.5, 0.6) is 0 Å². The van der Waals surface area contributed by atoms with Gasteiger partial charge in [0.25, 0.3) is 0 Å². The summed E-state index contributed by atoms with van der Waals surface area (Å²) in [5.41, 5.74) is -0.0873. The van der Waals surface area contributed by atoms with Crippen molar-refractivity contribution in [1.82, 2.24) is 14.6 Å². The number of thioether (sulfide) groups is 1. The van der Waals surface area contributed by atoms with Gasteiger partial charge in [-0.05, 0) is 19.1 Å². The highest BCUT2D eigenvalue weighted by Crippen LogP contribution is 2.21. The largest absolute Gasteiger partial charge is 0.370 e. The van der Waals surface area contributed by atoms with Crippen molar-refractivity contribution in [3.63, 3.8) is 0 Å². The molecule has 1 heterocycles. The van der Waals surface area contributed by atoms with Crippen LogP contribution in [-0.2, 0) is 4.79 Å². The number of nitrogen functional groups attached to an aromatic ring is 1. The summed E-state index contributed by atoms with van der Waals surface area (Å²) in [4.78, 5) is 30.9. The second kappa shape index (κ2) is 6.59. The molecule has 2 aromatic rings. The maximum absolute atomic E-state index is 11.8. The van der Waals surface area contributed by atoms with Crippen molar-refractivity contribution in [3.05, 3.63) is 45.6 Å². The molecule has 2 rings (SSSR count). The first-order valence-corrected chi connectivity index (χ1v) is 7.23. The molecule has 0 saturated heterocycles. The number of nitrogens with zero attached hydrogens (tertiary/aromatic N) is 3. The highest BCUT2D eigenvalue weighted by molar-refractivity contribution is 7.99. The first-order valence-electron chi connectivity index (χ1n) is 5.87. The van der Waals surface area contributed by atoms with Gasteiger partial charge in [0.1, 0.15) is 5.82 Å². The van der Waals surface area contributed by atoms with Gasteiger partial charge < -0.3 is 11.2 Å². The van der Waals surface area contributed by atoms with Crippen molar-refractivity contribution in [2.24, 2.45) is 0 Å². The topological polar surface area (TPSA) is 103 Å². The van der Waals surface area contributed by atoms with Gasteiger partial charge in [0.15, 0.2) is 5.16 Å². The van der Waals surface area contributed by atoms with Crippen LogP contribution in [0.15, 0.2) is 34.2 Å². The molecule has 9 heteroatoms. The molecule has 7 nitrogen and oxygen atoms in total. The van der Waals surface area contributed by atoms with Crippen LogP contribution in [0, 0.1) is 6.92 Å². The monoisotopic (exact) mass is 325 g/mol. The molecule has 0 aliphatic rings. The average Bonchev–Trinajstić information content (AvgIpc) is 2.45. The number of hydrogen-bond donors (Lipinski definition) is 2. The Morgan fingerprint density at radius 1 is 1.43 bits per heavy atom. The highest BCUT2D eigenvalue weighted by atomic mass is 35.5. The first-order chi connectivity index (χ1) is 9.97. The van der Waals surface area contributed by atoms with Gasteiger partial charge in [-0.15, -0.1) is 0 Å². The summed E-state index contributed by atoms with van der Waals surface area (Å²) in [6.07, 6.45) is 0. The van der Waals surface area contributed by atoms with Gasteiger partial charge in [0.2, 0.25) is 5.91 Å². The average molecular weight is 326 g/mol. The first kappa shape index (κ1) is 15.3. The van der Waals surface area contributed by atoms with E-state index in [9.17, 15) is 9.59 Å². The number of halogens is 1. The Morgan fingerprint density at radius 3 is 2.81 bits per heavy atom. The van der Waals surface area contributed by atoms with Crippen molar-refractivity contribution in [3.8, 4) is 0 Å². The summed E-state index contributed by atoms with van der Waals surface area (Å²) in [5.74, 6) is 5.51. The number of amides is 1. The van der Waals surface area contributed by atoms with Gasteiger partial charge in [0.05, 0.1) is 16.5 Å². The number of aromatic nitrogens is 3. The van der Waals surface area contributed by atoms with Gasteiger partial charge in [-0.1, -0.05) is 35.5 Å². The molecule has 1 aromatic carbocycles. The van der Waals surface area contributed by atoms with Crippen molar-refractivity contribution in [1.29, 1.82) is 0 Å². The Hall–Kier alpha value is -2.06. The van der Waals surface area contributed by atoms with Crippen LogP contribution in [0.25, 0.3) is 0 Å². The Kier molecular flexibility index (Phi) is 4.81. The Balaban J connectivity index is 1.99. The third-order valence-electron chi connectivity index (χ3n) is 2.48. The van der Waals surface area contributed by atoms with Crippen LogP contribution in [0.1, 0.15) is 5.82 Å². The predicted molar refractivity (Wildman–Crippen MR) is 82.0 cm³/mol. The Morgan fingerprint density at radius 2 is 2.14 bits per heavy atom. The number of benzene rings is 1. The minimum Gasteiger partial charge on any atom is -0.334 e. The minimum absolute atomic E-state index is 0.0543. The van der Waals surface area contributed by atoms with E-state index in [1.807, 2.05) is 0 Å². The molecule has 0 saturated carbocycles.